The maximum absolute atomic E-state index is 12.8. The molecule has 4 heteroatoms. The summed E-state index contributed by atoms with van der Waals surface area (Å²) in [5, 5.41) is 0. The molecule has 0 aliphatic heterocycles. The molecule has 15 heavy (non-hydrogen) atoms. The highest BCUT2D eigenvalue weighted by molar-refractivity contribution is 5.79. The zero-order chi connectivity index (χ0) is 11.5. The van der Waals surface area contributed by atoms with Gasteiger partial charge in [0.2, 0.25) is 0 Å². The number of alkyl halides is 2. The Morgan fingerprint density at radius 2 is 1.87 bits per heavy atom. The molecule has 0 heterocycles. The Balaban J connectivity index is 2.71. The molecular weight excluding hydrogens is 202 g/mol. The Hall–Kier alpha value is -1.45. The minimum Gasteiger partial charge on any atom is -0.422 e. The number of rotatable bonds is 3. The van der Waals surface area contributed by atoms with E-state index >= 15 is 0 Å². The second-order valence-corrected chi connectivity index (χ2v) is 3.26. The van der Waals surface area contributed by atoms with Crippen molar-refractivity contribution in [3.63, 3.8) is 0 Å². The molecule has 1 aromatic carbocycles. The van der Waals surface area contributed by atoms with E-state index in [1.165, 1.54) is 19.1 Å². The number of carbonyl (C=O) groups is 1. The second kappa shape index (κ2) is 4.38. The van der Waals surface area contributed by atoms with Crippen molar-refractivity contribution in [3.8, 4) is 5.75 Å². The van der Waals surface area contributed by atoms with Gasteiger partial charge in [-0.2, -0.15) is 8.78 Å². The average Bonchev–Trinajstić information content (AvgIpc) is 2.21. The normalized spacial score (nSPS) is 11.2. The number of esters is 1. The maximum Gasteiger partial charge on any atom is 0.382 e. The highest BCUT2D eigenvalue weighted by Gasteiger charge is 2.38. The molecule has 82 valence electrons. The Bertz CT molecular complexity index is 344. The Morgan fingerprint density at radius 3 is 2.33 bits per heavy atom. The molecule has 0 atom stereocenters. The van der Waals surface area contributed by atoms with Crippen LogP contribution in [-0.2, 0) is 4.79 Å². The van der Waals surface area contributed by atoms with Gasteiger partial charge in [0.1, 0.15) is 5.75 Å². The van der Waals surface area contributed by atoms with E-state index in [1.807, 2.05) is 6.92 Å². The number of hydrogen-bond donors (Lipinski definition) is 0. The lowest BCUT2D eigenvalue weighted by Crippen LogP contribution is -2.32. The van der Waals surface area contributed by atoms with Crippen molar-refractivity contribution in [1.29, 1.82) is 0 Å². The SMILES string of the molecule is CCC(F)(F)C(=O)Oc1ccc(C)cc1. The zero-order valence-electron chi connectivity index (χ0n) is 8.59. The molecule has 1 aromatic rings. The Kier molecular flexibility index (Phi) is 3.39. The number of carbonyl (C=O) groups excluding carboxylic acids is 1. The summed E-state index contributed by atoms with van der Waals surface area (Å²) in [6.07, 6.45) is -0.558. The van der Waals surface area contributed by atoms with Crippen molar-refractivity contribution in [2.75, 3.05) is 0 Å². The van der Waals surface area contributed by atoms with E-state index < -0.39 is 18.3 Å². The summed E-state index contributed by atoms with van der Waals surface area (Å²) in [5.74, 6) is -4.78. The van der Waals surface area contributed by atoms with Crippen LogP contribution in [0, 0.1) is 6.92 Å². The molecule has 2 nitrogen and oxygen atoms in total. The molecular formula is C11H12F2O2. The van der Waals surface area contributed by atoms with E-state index in [2.05, 4.69) is 4.74 Å². The van der Waals surface area contributed by atoms with Gasteiger partial charge in [-0.05, 0) is 19.1 Å². The van der Waals surface area contributed by atoms with Crippen molar-refractivity contribution < 1.29 is 18.3 Å². The third-order valence-corrected chi connectivity index (χ3v) is 1.97. The average molecular weight is 214 g/mol. The van der Waals surface area contributed by atoms with E-state index in [1.54, 1.807) is 12.1 Å². The number of aryl methyl sites for hydroxylation is 1. The molecule has 0 spiro atoms. The second-order valence-electron chi connectivity index (χ2n) is 3.26. The van der Waals surface area contributed by atoms with Gasteiger partial charge in [0.15, 0.2) is 0 Å². The highest BCUT2D eigenvalue weighted by Crippen LogP contribution is 2.21. The predicted octanol–water partition coefficient (Wildman–Crippen LogP) is 2.95. The van der Waals surface area contributed by atoms with E-state index in [4.69, 9.17) is 0 Å². The maximum atomic E-state index is 12.8. The first-order valence-corrected chi connectivity index (χ1v) is 4.62. The van der Waals surface area contributed by atoms with Gasteiger partial charge in [0.25, 0.3) is 0 Å². The van der Waals surface area contributed by atoms with Crippen molar-refractivity contribution in [1.82, 2.24) is 0 Å². The fourth-order valence-electron chi connectivity index (χ4n) is 0.932. The van der Waals surface area contributed by atoms with E-state index in [0.29, 0.717) is 0 Å². The van der Waals surface area contributed by atoms with Gasteiger partial charge in [-0.25, -0.2) is 4.79 Å². The number of halogens is 2. The van der Waals surface area contributed by atoms with Crippen LogP contribution < -0.4 is 4.74 Å². The largest absolute Gasteiger partial charge is 0.422 e. The molecule has 0 bridgehead atoms. The van der Waals surface area contributed by atoms with Crippen LogP contribution in [0.15, 0.2) is 24.3 Å². The summed E-state index contributed by atoms with van der Waals surface area (Å²) in [5.41, 5.74) is 0.969. The molecule has 0 aliphatic rings. The van der Waals surface area contributed by atoms with Crippen molar-refractivity contribution in [2.45, 2.75) is 26.2 Å². The van der Waals surface area contributed by atoms with E-state index in [-0.39, 0.29) is 5.75 Å². The van der Waals surface area contributed by atoms with Gasteiger partial charge < -0.3 is 4.74 Å². The van der Waals surface area contributed by atoms with Crippen molar-refractivity contribution in [3.05, 3.63) is 29.8 Å². The van der Waals surface area contributed by atoms with Crippen LogP contribution in [0.25, 0.3) is 0 Å². The summed E-state index contributed by atoms with van der Waals surface area (Å²) < 4.78 is 30.2. The molecule has 0 fully saturated rings. The summed E-state index contributed by atoms with van der Waals surface area (Å²) in [4.78, 5) is 11.0. The number of benzene rings is 1. The minimum atomic E-state index is -3.41. The lowest BCUT2D eigenvalue weighted by molar-refractivity contribution is -0.161. The van der Waals surface area contributed by atoms with Crippen LogP contribution in [0.3, 0.4) is 0 Å². The molecule has 0 unspecified atom stereocenters. The Morgan fingerprint density at radius 1 is 1.33 bits per heavy atom. The lowest BCUT2D eigenvalue weighted by atomic mass is 10.2. The third kappa shape index (κ3) is 3.01. The van der Waals surface area contributed by atoms with E-state index in [0.717, 1.165) is 5.56 Å². The van der Waals surface area contributed by atoms with Gasteiger partial charge in [-0.3, -0.25) is 0 Å². The van der Waals surface area contributed by atoms with Crippen LogP contribution in [-0.4, -0.2) is 11.9 Å². The monoisotopic (exact) mass is 214 g/mol. The third-order valence-electron chi connectivity index (χ3n) is 1.97. The number of ether oxygens (including phenoxy) is 1. The first-order valence-electron chi connectivity index (χ1n) is 4.62. The number of hydrogen-bond acceptors (Lipinski definition) is 2. The van der Waals surface area contributed by atoms with Crippen LogP contribution in [0.1, 0.15) is 18.9 Å². The summed E-state index contributed by atoms with van der Waals surface area (Å²) in [6, 6.07) is 6.34. The summed E-state index contributed by atoms with van der Waals surface area (Å²) in [6.45, 7) is 3.09. The lowest BCUT2D eigenvalue weighted by Gasteiger charge is -2.12. The van der Waals surface area contributed by atoms with Gasteiger partial charge in [0, 0.05) is 6.42 Å². The quantitative estimate of drug-likeness (QED) is 0.571. The zero-order valence-corrected chi connectivity index (χ0v) is 8.59. The van der Waals surface area contributed by atoms with Gasteiger partial charge in [-0.1, -0.05) is 24.6 Å². The van der Waals surface area contributed by atoms with Crippen molar-refractivity contribution in [2.24, 2.45) is 0 Å². The molecule has 0 aromatic heterocycles. The smallest absolute Gasteiger partial charge is 0.382 e. The highest BCUT2D eigenvalue weighted by atomic mass is 19.3. The molecule has 0 radical (unpaired) electrons. The standard InChI is InChI=1S/C11H12F2O2/c1-3-11(12,13)10(14)15-9-6-4-8(2)5-7-9/h4-7H,3H2,1-2H3. The fraction of sp³-hybridized carbons (Fsp3) is 0.364. The van der Waals surface area contributed by atoms with Gasteiger partial charge in [0.05, 0.1) is 0 Å². The van der Waals surface area contributed by atoms with Crippen molar-refractivity contribution >= 4 is 5.97 Å². The molecule has 0 saturated heterocycles. The molecule has 0 N–H and O–H groups in total. The van der Waals surface area contributed by atoms with Gasteiger partial charge in [-0.15, -0.1) is 0 Å². The van der Waals surface area contributed by atoms with E-state index in [9.17, 15) is 13.6 Å². The summed E-state index contributed by atoms with van der Waals surface area (Å²) in [7, 11) is 0. The first kappa shape index (κ1) is 11.6. The van der Waals surface area contributed by atoms with Crippen LogP contribution in [0.2, 0.25) is 0 Å². The molecule has 1 rings (SSSR count). The Labute approximate surface area is 86.9 Å². The van der Waals surface area contributed by atoms with Crippen LogP contribution in [0.5, 0.6) is 5.75 Å². The predicted molar refractivity (Wildman–Crippen MR) is 52.1 cm³/mol. The summed E-state index contributed by atoms with van der Waals surface area (Å²) >= 11 is 0. The van der Waals surface area contributed by atoms with Gasteiger partial charge >= 0.3 is 11.9 Å². The fourth-order valence-corrected chi connectivity index (χ4v) is 0.932. The molecule has 0 aliphatic carbocycles. The van der Waals surface area contributed by atoms with Crippen LogP contribution >= 0.6 is 0 Å². The topological polar surface area (TPSA) is 26.3 Å². The van der Waals surface area contributed by atoms with Crippen LogP contribution in [0.4, 0.5) is 8.78 Å². The molecule has 0 amide bonds. The molecule has 0 saturated carbocycles. The minimum absolute atomic E-state index is 0.138. The first-order chi connectivity index (χ1) is 6.95.